The van der Waals surface area contributed by atoms with Crippen molar-refractivity contribution < 1.29 is 4.39 Å². The van der Waals surface area contributed by atoms with Gasteiger partial charge in [-0.1, -0.05) is 13.8 Å². The summed E-state index contributed by atoms with van der Waals surface area (Å²) < 4.78 is 13.6. The Morgan fingerprint density at radius 2 is 1.96 bits per heavy atom. The number of rotatable bonds is 6. The van der Waals surface area contributed by atoms with Gasteiger partial charge < -0.3 is 10.6 Å². The van der Waals surface area contributed by atoms with E-state index in [4.69, 9.17) is 0 Å². The molecule has 3 nitrogen and oxygen atoms in total. The highest BCUT2D eigenvalue weighted by molar-refractivity contribution is 5.82. The van der Waals surface area contributed by atoms with Crippen LogP contribution in [0, 0.1) is 11.7 Å². The highest BCUT2D eigenvalue weighted by Crippen LogP contribution is 2.35. The molecule has 1 aliphatic rings. The van der Waals surface area contributed by atoms with Gasteiger partial charge in [0, 0.05) is 29.2 Å². The minimum Gasteiger partial charge on any atom is -0.317 e. The normalized spacial score (nSPS) is 17.8. The Morgan fingerprint density at radius 1 is 1.24 bits per heavy atom. The molecule has 1 aromatic heterocycles. The van der Waals surface area contributed by atoms with Gasteiger partial charge in [0.1, 0.15) is 5.82 Å². The van der Waals surface area contributed by atoms with Crippen LogP contribution in [0.5, 0.6) is 0 Å². The summed E-state index contributed by atoms with van der Waals surface area (Å²) in [5, 5.41) is 8.50. The van der Waals surface area contributed by atoms with Gasteiger partial charge in [-0.05, 0) is 75.4 Å². The van der Waals surface area contributed by atoms with Crippen molar-refractivity contribution in [3.63, 3.8) is 0 Å². The molecule has 1 aromatic carbocycles. The third-order valence-corrected chi connectivity index (χ3v) is 5.99. The van der Waals surface area contributed by atoms with Crippen LogP contribution in [0.3, 0.4) is 0 Å². The van der Waals surface area contributed by atoms with Gasteiger partial charge in [0.25, 0.3) is 0 Å². The fourth-order valence-electron chi connectivity index (χ4n) is 3.87. The van der Waals surface area contributed by atoms with E-state index in [-0.39, 0.29) is 17.4 Å². The Morgan fingerprint density at radius 3 is 2.64 bits per heavy atom. The van der Waals surface area contributed by atoms with E-state index in [1.807, 2.05) is 12.3 Å². The van der Waals surface area contributed by atoms with E-state index in [0.29, 0.717) is 5.92 Å². The fraction of sp³-hybridized carbons (Fsp3) is 0.571. The summed E-state index contributed by atoms with van der Waals surface area (Å²) in [4.78, 5) is 4.39. The van der Waals surface area contributed by atoms with E-state index in [0.717, 1.165) is 49.7 Å². The second kappa shape index (κ2) is 7.79. The summed E-state index contributed by atoms with van der Waals surface area (Å²) >= 11 is 0. The zero-order chi connectivity index (χ0) is 17.9. The molecular weight excluding hydrogens is 313 g/mol. The van der Waals surface area contributed by atoms with Gasteiger partial charge in [0.2, 0.25) is 0 Å². The molecule has 1 atom stereocenters. The predicted octanol–water partition coefficient (Wildman–Crippen LogP) is 4.58. The molecule has 0 aliphatic carbocycles. The van der Waals surface area contributed by atoms with Crippen molar-refractivity contribution >= 4 is 10.9 Å². The minimum atomic E-state index is -0.226. The molecule has 0 bridgehead atoms. The summed E-state index contributed by atoms with van der Waals surface area (Å²) in [6.45, 7) is 8.93. The number of nitrogens with zero attached hydrogens (tertiary/aromatic N) is 1. The van der Waals surface area contributed by atoms with Crippen molar-refractivity contribution in [1.29, 1.82) is 0 Å². The lowest BCUT2D eigenvalue weighted by molar-refractivity contribution is 0.211. The Balaban J connectivity index is 2.04. The minimum absolute atomic E-state index is 0.102. The number of benzene rings is 1. The molecule has 0 amide bonds. The van der Waals surface area contributed by atoms with Crippen LogP contribution in [0.4, 0.5) is 4.39 Å². The highest BCUT2D eigenvalue weighted by atomic mass is 19.1. The largest absolute Gasteiger partial charge is 0.317 e. The Hall–Kier alpha value is -1.52. The molecule has 0 spiro atoms. The molecule has 25 heavy (non-hydrogen) atoms. The van der Waals surface area contributed by atoms with Crippen LogP contribution in [0.15, 0.2) is 30.5 Å². The van der Waals surface area contributed by atoms with E-state index in [2.05, 4.69) is 42.5 Å². The second-order valence-corrected chi connectivity index (χ2v) is 7.54. The number of pyridine rings is 1. The molecule has 2 N–H and O–H groups in total. The Labute approximate surface area is 150 Å². The molecule has 2 aromatic rings. The maximum Gasteiger partial charge on any atom is 0.125 e. The van der Waals surface area contributed by atoms with E-state index < -0.39 is 0 Å². The van der Waals surface area contributed by atoms with Gasteiger partial charge in [-0.2, -0.15) is 0 Å². The zero-order valence-electron chi connectivity index (χ0n) is 15.6. The molecule has 1 saturated heterocycles. The first-order chi connectivity index (χ1) is 12.1. The first-order valence-electron chi connectivity index (χ1n) is 9.59. The first kappa shape index (κ1) is 18.3. The summed E-state index contributed by atoms with van der Waals surface area (Å²) in [7, 11) is 0. The molecule has 2 heterocycles. The van der Waals surface area contributed by atoms with Crippen molar-refractivity contribution in [3.8, 4) is 0 Å². The van der Waals surface area contributed by atoms with Gasteiger partial charge in [0.15, 0.2) is 0 Å². The number of aromatic nitrogens is 1. The third-order valence-electron chi connectivity index (χ3n) is 5.99. The number of hydrogen-bond donors (Lipinski definition) is 2. The maximum absolute atomic E-state index is 13.6. The molecule has 136 valence electrons. The van der Waals surface area contributed by atoms with Crippen LogP contribution in [0.2, 0.25) is 0 Å². The summed E-state index contributed by atoms with van der Waals surface area (Å²) in [6, 6.07) is 7.36. The van der Waals surface area contributed by atoms with Crippen molar-refractivity contribution in [2.24, 2.45) is 5.92 Å². The topological polar surface area (TPSA) is 37.0 Å². The van der Waals surface area contributed by atoms with Gasteiger partial charge in [-0.15, -0.1) is 0 Å². The summed E-state index contributed by atoms with van der Waals surface area (Å²) in [5.74, 6) is 0.352. The van der Waals surface area contributed by atoms with Crippen LogP contribution in [-0.2, 0) is 0 Å². The van der Waals surface area contributed by atoms with Crippen LogP contribution in [0.1, 0.15) is 58.1 Å². The van der Waals surface area contributed by atoms with E-state index in [1.165, 1.54) is 11.6 Å². The molecule has 1 fully saturated rings. The molecular formula is C21H30FN3. The quantitative estimate of drug-likeness (QED) is 0.806. The lowest BCUT2D eigenvalue weighted by Gasteiger charge is -2.39. The average molecular weight is 343 g/mol. The van der Waals surface area contributed by atoms with Crippen LogP contribution in [0.25, 0.3) is 10.9 Å². The standard InChI is InChI=1S/C21H30FN3/c1-4-21(3,5-2)25-20(15-8-11-23-12-9-15)18-10-13-24-19-14-16(22)6-7-17(18)19/h6-7,10,13-15,20,23,25H,4-5,8-9,11-12H2,1-3H3. The average Bonchev–Trinajstić information content (AvgIpc) is 2.66. The van der Waals surface area contributed by atoms with Crippen LogP contribution < -0.4 is 10.6 Å². The maximum atomic E-state index is 13.6. The third kappa shape index (κ3) is 4.01. The molecule has 0 saturated carbocycles. The van der Waals surface area contributed by atoms with Crippen molar-refractivity contribution in [3.05, 3.63) is 41.8 Å². The predicted molar refractivity (Wildman–Crippen MR) is 102 cm³/mol. The number of fused-ring (bicyclic) bond motifs is 1. The van der Waals surface area contributed by atoms with Crippen molar-refractivity contribution in [1.82, 2.24) is 15.6 Å². The Bertz CT molecular complexity index is 705. The SMILES string of the molecule is CCC(C)(CC)NC(c1ccnc2cc(F)ccc12)C1CCNCC1. The monoisotopic (exact) mass is 343 g/mol. The van der Waals surface area contributed by atoms with E-state index in [9.17, 15) is 4.39 Å². The van der Waals surface area contributed by atoms with Gasteiger partial charge >= 0.3 is 0 Å². The lowest BCUT2D eigenvalue weighted by atomic mass is 9.82. The van der Waals surface area contributed by atoms with E-state index in [1.54, 1.807) is 6.07 Å². The van der Waals surface area contributed by atoms with Crippen LogP contribution in [-0.4, -0.2) is 23.6 Å². The van der Waals surface area contributed by atoms with Gasteiger partial charge in [-0.25, -0.2) is 4.39 Å². The zero-order valence-corrected chi connectivity index (χ0v) is 15.6. The van der Waals surface area contributed by atoms with Gasteiger partial charge in [-0.3, -0.25) is 4.98 Å². The number of piperidine rings is 1. The fourth-order valence-corrected chi connectivity index (χ4v) is 3.87. The summed E-state index contributed by atoms with van der Waals surface area (Å²) in [6.07, 6.45) is 6.31. The molecule has 1 unspecified atom stereocenters. The smallest absolute Gasteiger partial charge is 0.125 e. The second-order valence-electron chi connectivity index (χ2n) is 7.54. The highest BCUT2D eigenvalue weighted by Gasteiger charge is 2.31. The molecule has 0 radical (unpaired) electrons. The lowest BCUT2D eigenvalue weighted by Crippen LogP contribution is -2.47. The molecule has 4 heteroatoms. The molecule has 3 rings (SSSR count). The Kier molecular flexibility index (Phi) is 5.70. The van der Waals surface area contributed by atoms with E-state index >= 15 is 0 Å². The van der Waals surface area contributed by atoms with Gasteiger partial charge in [0.05, 0.1) is 5.52 Å². The van der Waals surface area contributed by atoms with Crippen LogP contribution >= 0.6 is 0 Å². The first-order valence-corrected chi connectivity index (χ1v) is 9.59. The number of halogens is 1. The number of hydrogen-bond acceptors (Lipinski definition) is 3. The molecule has 1 aliphatic heterocycles. The van der Waals surface area contributed by atoms with Crippen molar-refractivity contribution in [2.45, 2.75) is 58.0 Å². The van der Waals surface area contributed by atoms with Crippen molar-refractivity contribution in [2.75, 3.05) is 13.1 Å². The number of nitrogens with one attached hydrogen (secondary N) is 2. The summed E-state index contributed by atoms with van der Waals surface area (Å²) in [5.41, 5.74) is 2.10.